The number of benzene rings is 2. The molecule has 0 saturated carbocycles. The zero-order valence-electron chi connectivity index (χ0n) is 15.9. The minimum Gasteiger partial charge on any atom is -0.340 e. The van der Waals surface area contributed by atoms with Gasteiger partial charge in [-0.25, -0.2) is 0 Å². The van der Waals surface area contributed by atoms with Crippen molar-refractivity contribution < 1.29 is 4.79 Å². The van der Waals surface area contributed by atoms with Gasteiger partial charge in [0.15, 0.2) is 0 Å². The molecule has 3 heteroatoms. The Hall–Kier alpha value is -2.55. The summed E-state index contributed by atoms with van der Waals surface area (Å²) < 4.78 is 2.27. The quantitative estimate of drug-likeness (QED) is 0.659. The zero-order chi connectivity index (χ0) is 18.3. The summed E-state index contributed by atoms with van der Waals surface area (Å²) in [6.07, 6.45) is 3.18. The molecule has 1 aliphatic rings. The Morgan fingerprint density at radius 2 is 1.77 bits per heavy atom. The van der Waals surface area contributed by atoms with Gasteiger partial charge < -0.3 is 9.47 Å². The van der Waals surface area contributed by atoms with Gasteiger partial charge in [0.2, 0.25) is 0 Å². The average Bonchev–Trinajstić information content (AvgIpc) is 2.94. The first kappa shape index (κ1) is 16.9. The summed E-state index contributed by atoms with van der Waals surface area (Å²) >= 11 is 0. The highest BCUT2D eigenvalue weighted by Gasteiger charge is 2.27. The average molecular weight is 346 g/mol. The van der Waals surface area contributed by atoms with Crippen LogP contribution in [0.3, 0.4) is 0 Å². The Labute approximate surface area is 155 Å². The van der Waals surface area contributed by atoms with Crippen molar-refractivity contribution in [2.45, 2.75) is 39.7 Å². The van der Waals surface area contributed by atoms with Crippen LogP contribution in [0.15, 0.2) is 42.5 Å². The van der Waals surface area contributed by atoms with Crippen LogP contribution in [0.1, 0.15) is 45.6 Å². The topological polar surface area (TPSA) is 25.2 Å². The molecule has 1 aliphatic heterocycles. The first-order valence-corrected chi connectivity index (χ1v) is 9.48. The Balaban J connectivity index is 2.02. The lowest BCUT2D eigenvalue weighted by molar-refractivity contribution is 0.0777. The predicted octanol–water partition coefficient (Wildman–Crippen LogP) is 4.71. The zero-order valence-corrected chi connectivity index (χ0v) is 15.9. The normalized spacial score (nSPS) is 15.0. The molecule has 4 rings (SSSR count). The Morgan fingerprint density at radius 1 is 1.00 bits per heavy atom. The van der Waals surface area contributed by atoms with E-state index >= 15 is 0 Å². The molecule has 0 spiro atoms. The summed E-state index contributed by atoms with van der Waals surface area (Å²) in [5.41, 5.74) is 7.13. The standard InChI is InChI=1S/C23H26N2O/c1-16-12-13-20-19-11-7-8-14-24(3)23(26)22(19)25(21(20)17(16)2)15-18-9-5-4-6-10-18/h4-6,9-10,12-13H,7-8,11,14-15H2,1-3H3. The van der Waals surface area contributed by atoms with Gasteiger partial charge in [0.25, 0.3) is 5.91 Å². The number of amides is 1. The maximum Gasteiger partial charge on any atom is 0.270 e. The second-order valence-electron chi connectivity index (χ2n) is 7.49. The molecule has 0 bridgehead atoms. The lowest BCUT2D eigenvalue weighted by Crippen LogP contribution is -2.32. The van der Waals surface area contributed by atoms with E-state index in [2.05, 4.69) is 54.8 Å². The second kappa shape index (κ2) is 6.64. The van der Waals surface area contributed by atoms with Gasteiger partial charge in [0, 0.05) is 25.5 Å². The molecule has 0 fully saturated rings. The predicted molar refractivity (Wildman–Crippen MR) is 107 cm³/mol. The largest absolute Gasteiger partial charge is 0.340 e. The van der Waals surface area contributed by atoms with Gasteiger partial charge in [-0.05, 0) is 55.4 Å². The van der Waals surface area contributed by atoms with E-state index in [1.54, 1.807) is 0 Å². The molecule has 134 valence electrons. The van der Waals surface area contributed by atoms with E-state index < -0.39 is 0 Å². The summed E-state index contributed by atoms with van der Waals surface area (Å²) in [5.74, 6) is 0.156. The summed E-state index contributed by atoms with van der Waals surface area (Å²) in [6, 6.07) is 14.9. The molecule has 0 saturated heterocycles. The van der Waals surface area contributed by atoms with Crippen LogP contribution in [0.2, 0.25) is 0 Å². The molecule has 0 aliphatic carbocycles. The van der Waals surface area contributed by atoms with Crippen molar-refractivity contribution in [3.63, 3.8) is 0 Å². The molecule has 1 amide bonds. The number of carbonyl (C=O) groups is 1. The molecule has 3 nitrogen and oxygen atoms in total. The maximum absolute atomic E-state index is 13.3. The molecular weight excluding hydrogens is 320 g/mol. The number of aromatic nitrogens is 1. The summed E-state index contributed by atoms with van der Waals surface area (Å²) in [4.78, 5) is 15.2. The minimum absolute atomic E-state index is 0.156. The molecule has 0 unspecified atom stereocenters. The lowest BCUT2D eigenvalue weighted by atomic mass is 9.99. The first-order valence-electron chi connectivity index (χ1n) is 9.48. The number of hydrogen-bond donors (Lipinski definition) is 0. The second-order valence-corrected chi connectivity index (χ2v) is 7.49. The number of nitrogens with zero attached hydrogens (tertiary/aromatic N) is 2. The van der Waals surface area contributed by atoms with Crippen LogP contribution in [0.5, 0.6) is 0 Å². The van der Waals surface area contributed by atoms with Crippen LogP contribution in [0.25, 0.3) is 10.9 Å². The fourth-order valence-electron chi connectivity index (χ4n) is 4.15. The first-order chi connectivity index (χ1) is 12.6. The third-order valence-electron chi connectivity index (χ3n) is 5.76. The van der Waals surface area contributed by atoms with Gasteiger partial charge in [-0.2, -0.15) is 0 Å². The number of carbonyl (C=O) groups excluding carboxylic acids is 1. The van der Waals surface area contributed by atoms with Gasteiger partial charge in [0.1, 0.15) is 5.69 Å². The van der Waals surface area contributed by atoms with Crippen molar-refractivity contribution in [2.24, 2.45) is 0 Å². The van der Waals surface area contributed by atoms with E-state index in [1.165, 1.54) is 33.2 Å². The Morgan fingerprint density at radius 3 is 2.54 bits per heavy atom. The van der Waals surface area contributed by atoms with Gasteiger partial charge in [-0.15, -0.1) is 0 Å². The molecule has 1 aromatic heterocycles. The number of rotatable bonds is 2. The maximum atomic E-state index is 13.3. The molecule has 2 heterocycles. The third-order valence-corrected chi connectivity index (χ3v) is 5.76. The molecule has 0 radical (unpaired) electrons. The molecule has 0 N–H and O–H groups in total. The number of aryl methyl sites for hydroxylation is 3. The van der Waals surface area contributed by atoms with Crippen molar-refractivity contribution in [1.29, 1.82) is 0 Å². The van der Waals surface area contributed by atoms with Gasteiger partial charge in [-0.3, -0.25) is 4.79 Å². The molecule has 3 aromatic rings. The van der Waals surface area contributed by atoms with Crippen LogP contribution in [-0.2, 0) is 13.0 Å². The van der Waals surface area contributed by atoms with E-state index in [1.807, 2.05) is 18.0 Å². The minimum atomic E-state index is 0.156. The highest BCUT2D eigenvalue weighted by molar-refractivity contribution is 6.03. The van der Waals surface area contributed by atoms with Crippen molar-refractivity contribution >= 4 is 16.8 Å². The van der Waals surface area contributed by atoms with Crippen molar-refractivity contribution in [3.05, 3.63) is 70.4 Å². The fourth-order valence-corrected chi connectivity index (χ4v) is 4.15. The van der Waals surface area contributed by atoms with Crippen molar-refractivity contribution in [2.75, 3.05) is 13.6 Å². The summed E-state index contributed by atoms with van der Waals surface area (Å²) in [7, 11) is 1.93. The Bertz CT molecular complexity index is 969. The highest BCUT2D eigenvalue weighted by atomic mass is 16.2. The van der Waals surface area contributed by atoms with E-state index in [9.17, 15) is 4.79 Å². The van der Waals surface area contributed by atoms with E-state index in [0.29, 0.717) is 0 Å². The fraction of sp³-hybridized carbons (Fsp3) is 0.348. The van der Waals surface area contributed by atoms with Gasteiger partial charge in [0.05, 0.1) is 5.52 Å². The van der Waals surface area contributed by atoms with E-state index in [4.69, 9.17) is 0 Å². The van der Waals surface area contributed by atoms with Crippen LogP contribution in [0.4, 0.5) is 0 Å². The molecule has 26 heavy (non-hydrogen) atoms. The monoisotopic (exact) mass is 346 g/mol. The van der Waals surface area contributed by atoms with Crippen LogP contribution >= 0.6 is 0 Å². The van der Waals surface area contributed by atoms with Crippen LogP contribution < -0.4 is 0 Å². The van der Waals surface area contributed by atoms with Crippen LogP contribution in [-0.4, -0.2) is 29.0 Å². The van der Waals surface area contributed by atoms with Crippen molar-refractivity contribution in [3.8, 4) is 0 Å². The van der Waals surface area contributed by atoms with Gasteiger partial charge >= 0.3 is 0 Å². The smallest absolute Gasteiger partial charge is 0.270 e. The Kier molecular flexibility index (Phi) is 4.31. The van der Waals surface area contributed by atoms with Crippen LogP contribution in [0, 0.1) is 13.8 Å². The number of hydrogen-bond acceptors (Lipinski definition) is 1. The molecular formula is C23H26N2O. The van der Waals surface area contributed by atoms with E-state index in [0.717, 1.165) is 38.0 Å². The van der Waals surface area contributed by atoms with Crippen molar-refractivity contribution in [1.82, 2.24) is 9.47 Å². The highest BCUT2D eigenvalue weighted by Crippen LogP contribution is 2.34. The molecule has 0 atom stereocenters. The summed E-state index contributed by atoms with van der Waals surface area (Å²) in [6.45, 7) is 5.90. The lowest BCUT2D eigenvalue weighted by Gasteiger charge is -2.22. The number of fused-ring (bicyclic) bond motifs is 3. The molecule has 2 aromatic carbocycles. The SMILES string of the molecule is Cc1ccc2c3c(n(Cc4ccccc4)c2c1C)C(=O)N(C)CCCC3. The third kappa shape index (κ3) is 2.72. The summed E-state index contributed by atoms with van der Waals surface area (Å²) in [5, 5.41) is 1.25. The van der Waals surface area contributed by atoms with Gasteiger partial charge in [-0.1, -0.05) is 42.5 Å². The van der Waals surface area contributed by atoms with E-state index in [-0.39, 0.29) is 5.91 Å².